The smallest absolute Gasteiger partial charge is 0.256 e. The number of phenols is 1. The Labute approximate surface area is 164 Å². The van der Waals surface area contributed by atoms with E-state index in [9.17, 15) is 9.90 Å². The molecule has 1 aliphatic rings. The molecule has 1 aliphatic heterocycles. The third-order valence-corrected chi connectivity index (χ3v) is 4.41. The van der Waals surface area contributed by atoms with E-state index in [1.54, 1.807) is 18.3 Å². The molecule has 3 heterocycles. The first-order chi connectivity index (χ1) is 14.2. The number of nitrogens with zero attached hydrogens (tertiary/aromatic N) is 3. The molecule has 0 saturated carbocycles. The van der Waals surface area contributed by atoms with Gasteiger partial charge in [-0.15, -0.1) is 0 Å². The van der Waals surface area contributed by atoms with Crippen LogP contribution in [0.5, 0.6) is 11.5 Å². The Bertz CT molecular complexity index is 1220. The predicted molar refractivity (Wildman–Crippen MR) is 106 cm³/mol. The van der Waals surface area contributed by atoms with Crippen molar-refractivity contribution in [3.05, 3.63) is 60.3 Å². The number of para-hydroxylation sites is 1. The fourth-order valence-electron chi connectivity index (χ4n) is 2.91. The van der Waals surface area contributed by atoms with Crippen LogP contribution in [0, 0.1) is 0 Å². The Morgan fingerprint density at radius 1 is 1.21 bits per heavy atom. The minimum Gasteiger partial charge on any atom is -0.508 e. The summed E-state index contributed by atoms with van der Waals surface area (Å²) in [4.78, 5) is 21.5. The third kappa shape index (κ3) is 3.46. The van der Waals surface area contributed by atoms with Crippen molar-refractivity contribution in [2.75, 3.05) is 11.9 Å². The summed E-state index contributed by atoms with van der Waals surface area (Å²) in [7, 11) is 0. The molecular formula is C20H16N6O3. The van der Waals surface area contributed by atoms with Gasteiger partial charge < -0.3 is 15.2 Å². The van der Waals surface area contributed by atoms with Crippen LogP contribution >= 0.6 is 0 Å². The van der Waals surface area contributed by atoms with Gasteiger partial charge in [0.15, 0.2) is 17.6 Å². The lowest BCUT2D eigenvalue weighted by atomic mass is 10.1. The molecular weight excluding hydrogens is 372 g/mol. The van der Waals surface area contributed by atoms with Gasteiger partial charge in [-0.05, 0) is 30.3 Å². The van der Waals surface area contributed by atoms with Gasteiger partial charge in [0.1, 0.15) is 11.5 Å². The number of phenolic OH excluding ortho intramolecular Hbond substituents is 1. The second kappa shape index (κ2) is 6.88. The summed E-state index contributed by atoms with van der Waals surface area (Å²) in [6.45, 7) is 0.812. The number of aromatic hydroxyl groups is 1. The maximum absolute atomic E-state index is 12.5. The number of benzene rings is 2. The molecule has 4 aromatic rings. The predicted octanol–water partition coefficient (Wildman–Crippen LogP) is 2.29. The molecule has 0 bridgehead atoms. The van der Waals surface area contributed by atoms with E-state index in [4.69, 9.17) is 4.74 Å². The summed E-state index contributed by atoms with van der Waals surface area (Å²) >= 11 is 0. The van der Waals surface area contributed by atoms with Gasteiger partial charge in [-0.2, -0.15) is 5.10 Å². The molecule has 4 N–H and O–H groups in total. The van der Waals surface area contributed by atoms with Crippen LogP contribution in [0.1, 0.15) is 10.4 Å². The molecule has 1 saturated heterocycles. The van der Waals surface area contributed by atoms with Crippen molar-refractivity contribution < 1.29 is 14.6 Å². The van der Waals surface area contributed by atoms with Gasteiger partial charge in [0.25, 0.3) is 5.91 Å². The molecule has 2 aromatic heterocycles. The van der Waals surface area contributed by atoms with E-state index < -0.39 is 5.91 Å². The summed E-state index contributed by atoms with van der Waals surface area (Å²) in [6.07, 6.45) is 1.63. The SMILES string of the molecule is O=C(Nc1[nH]nc2ncc(-c3ccccc3OC3CN3)nc12)c1cccc(O)c1. The summed E-state index contributed by atoms with van der Waals surface area (Å²) in [5.41, 5.74) is 2.51. The third-order valence-electron chi connectivity index (χ3n) is 4.41. The Kier molecular flexibility index (Phi) is 4.07. The average Bonchev–Trinajstić information content (AvgIpc) is 3.47. The van der Waals surface area contributed by atoms with Crippen molar-refractivity contribution in [3.8, 4) is 22.8 Å². The Morgan fingerprint density at radius 3 is 2.90 bits per heavy atom. The molecule has 1 amide bonds. The maximum Gasteiger partial charge on any atom is 0.256 e. The van der Waals surface area contributed by atoms with Crippen molar-refractivity contribution in [3.63, 3.8) is 0 Å². The number of carbonyl (C=O) groups excluding carboxylic acids is 1. The Hall–Kier alpha value is -3.98. The first kappa shape index (κ1) is 17.1. The second-order valence-electron chi connectivity index (χ2n) is 6.54. The Morgan fingerprint density at radius 2 is 2.07 bits per heavy atom. The van der Waals surface area contributed by atoms with Crippen LogP contribution in [-0.4, -0.2) is 44.0 Å². The highest BCUT2D eigenvalue weighted by Crippen LogP contribution is 2.31. The van der Waals surface area contributed by atoms with Crippen LogP contribution in [0.4, 0.5) is 5.82 Å². The van der Waals surface area contributed by atoms with E-state index in [-0.39, 0.29) is 12.0 Å². The number of nitrogens with one attached hydrogen (secondary N) is 3. The van der Waals surface area contributed by atoms with Gasteiger partial charge in [-0.3, -0.25) is 15.2 Å². The molecule has 1 fully saturated rings. The molecule has 144 valence electrons. The molecule has 9 heteroatoms. The topological polar surface area (TPSA) is 135 Å². The molecule has 1 unspecified atom stereocenters. The molecule has 0 aliphatic carbocycles. The van der Waals surface area contributed by atoms with Crippen LogP contribution in [0.3, 0.4) is 0 Å². The van der Waals surface area contributed by atoms with Crippen molar-refractivity contribution >= 4 is 22.9 Å². The maximum atomic E-state index is 12.5. The summed E-state index contributed by atoms with van der Waals surface area (Å²) in [5, 5.41) is 22.3. The van der Waals surface area contributed by atoms with E-state index in [0.717, 1.165) is 12.1 Å². The van der Waals surface area contributed by atoms with Gasteiger partial charge in [-0.25, -0.2) is 9.97 Å². The number of rotatable bonds is 5. The zero-order valence-electron chi connectivity index (χ0n) is 15.1. The van der Waals surface area contributed by atoms with Crippen LogP contribution in [0.15, 0.2) is 54.7 Å². The molecule has 0 radical (unpaired) electrons. The zero-order valence-corrected chi connectivity index (χ0v) is 15.1. The van der Waals surface area contributed by atoms with Gasteiger partial charge in [0.05, 0.1) is 11.9 Å². The lowest BCUT2D eigenvalue weighted by Gasteiger charge is -2.09. The molecule has 9 nitrogen and oxygen atoms in total. The number of ether oxygens (including phenoxy) is 1. The number of amides is 1. The van der Waals surface area contributed by atoms with Gasteiger partial charge in [0.2, 0.25) is 5.65 Å². The molecule has 5 rings (SSSR count). The van der Waals surface area contributed by atoms with E-state index in [1.807, 2.05) is 24.3 Å². The number of aromatic nitrogens is 4. The number of fused-ring (bicyclic) bond motifs is 1. The largest absolute Gasteiger partial charge is 0.508 e. The first-order valence-corrected chi connectivity index (χ1v) is 8.98. The van der Waals surface area contributed by atoms with Gasteiger partial charge in [0, 0.05) is 17.7 Å². The molecule has 2 aromatic carbocycles. The summed E-state index contributed by atoms with van der Waals surface area (Å²) in [6, 6.07) is 13.6. The van der Waals surface area contributed by atoms with Gasteiger partial charge >= 0.3 is 0 Å². The van der Waals surface area contributed by atoms with Crippen molar-refractivity contribution in [1.29, 1.82) is 0 Å². The highest BCUT2D eigenvalue weighted by Gasteiger charge is 2.24. The van der Waals surface area contributed by atoms with Crippen molar-refractivity contribution in [2.24, 2.45) is 0 Å². The van der Waals surface area contributed by atoms with Crippen molar-refractivity contribution in [1.82, 2.24) is 25.5 Å². The molecule has 0 spiro atoms. The van der Waals surface area contributed by atoms with Crippen LogP contribution in [0.2, 0.25) is 0 Å². The summed E-state index contributed by atoms with van der Waals surface area (Å²) in [5.74, 6) is 0.632. The summed E-state index contributed by atoms with van der Waals surface area (Å²) < 4.78 is 5.87. The van der Waals surface area contributed by atoms with Crippen LogP contribution in [0.25, 0.3) is 22.4 Å². The Balaban J connectivity index is 1.49. The van der Waals surface area contributed by atoms with Crippen LogP contribution in [-0.2, 0) is 0 Å². The minimum absolute atomic E-state index is 0.0101. The molecule has 1 atom stereocenters. The number of anilines is 1. The number of hydrogen-bond donors (Lipinski definition) is 4. The first-order valence-electron chi connectivity index (χ1n) is 8.98. The average molecular weight is 388 g/mol. The normalized spacial score (nSPS) is 15.2. The van der Waals surface area contributed by atoms with Crippen LogP contribution < -0.4 is 15.4 Å². The number of hydrogen-bond acceptors (Lipinski definition) is 7. The molecule has 29 heavy (non-hydrogen) atoms. The highest BCUT2D eigenvalue weighted by atomic mass is 16.5. The standard InChI is InChI=1S/C20H16N6O3/c27-12-5-3-4-11(8-12)20(28)24-19-17-18(25-26-19)22-9-14(23-17)13-6-1-2-7-15(13)29-16-10-21-16/h1-9,16,21,27H,10H2,(H2,22,24,25,26,28). The minimum atomic E-state index is -0.401. The zero-order chi connectivity index (χ0) is 19.8. The van der Waals surface area contributed by atoms with E-state index in [1.165, 1.54) is 12.1 Å². The quantitative estimate of drug-likeness (QED) is 0.385. The number of aromatic amines is 1. The number of carbonyl (C=O) groups is 1. The van der Waals surface area contributed by atoms with E-state index in [2.05, 4.69) is 30.8 Å². The van der Waals surface area contributed by atoms with Crippen molar-refractivity contribution in [2.45, 2.75) is 6.23 Å². The fraction of sp³-hybridized carbons (Fsp3) is 0.100. The van der Waals surface area contributed by atoms with Gasteiger partial charge in [-0.1, -0.05) is 18.2 Å². The van der Waals surface area contributed by atoms with E-state index >= 15 is 0 Å². The highest BCUT2D eigenvalue weighted by molar-refractivity contribution is 6.07. The monoisotopic (exact) mass is 388 g/mol. The lowest BCUT2D eigenvalue weighted by Crippen LogP contribution is -2.12. The van der Waals surface area contributed by atoms with E-state index in [0.29, 0.717) is 34.0 Å². The second-order valence-corrected chi connectivity index (χ2v) is 6.54. The lowest BCUT2D eigenvalue weighted by molar-refractivity contribution is 0.102. The number of H-pyrrole nitrogens is 1. The fourth-order valence-corrected chi connectivity index (χ4v) is 2.91.